The highest BCUT2D eigenvalue weighted by Gasteiger charge is 2.32. The number of rotatable bonds is 1. The van der Waals surface area contributed by atoms with Crippen molar-refractivity contribution in [3.63, 3.8) is 0 Å². The van der Waals surface area contributed by atoms with Crippen LogP contribution in [0, 0.1) is 17.2 Å². The van der Waals surface area contributed by atoms with Crippen LogP contribution >= 0.6 is 0 Å². The van der Waals surface area contributed by atoms with Crippen LogP contribution in [0.1, 0.15) is 77.0 Å². The van der Waals surface area contributed by atoms with Crippen LogP contribution in [0.2, 0.25) is 0 Å². The van der Waals surface area contributed by atoms with E-state index < -0.39 is 0 Å². The molecule has 1 aliphatic carbocycles. The molecule has 2 fully saturated rings. The first-order valence-corrected chi connectivity index (χ1v) is 8.53. The average molecular weight is 276 g/mol. The zero-order valence-corrected chi connectivity index (χ0v) is 12.6. The van der Waals surface area contributed by atoms with Gasteiger partial charge in [0.1, 0.15) is 6.04 Å². The van der Waals surface area contributed by atoms with Crippen molar-refractivity contribution in [3.8, 4) is 6.07 Å². The highest BCUT2D eigenvalue weighted by molar-refractivity contribution is 5.79. The molecule has 1 saturated heterocycles. The molecule has 1 heterocycles. The van der Waals surface area contributed by atoms with E-state index in [1.807, 2.05) is 4.90 Å². The van der Waals surface area contributed by atoms with Gasteiger partial charge in [-0.3, -0.25) is 4.79 Å². The average Bonchev–Trinajstić information content (AvgIpc) is 2.91. The highest BCUT2D eigenvalue weighted by Crippen LogP contribution is 2.26. The summed E-state index contributed by atoms with van der Waals surface area (Å²) < 4.78 is 0. The number of carbonyl (C=O) groups is 1. The molecule has 1 atom stereocenters. The smallest absolute Gasteiger partial charge is 0.226 e. The van der Waals surface area contributed by atoms with Crippen LogP contribution in [0.25, 0.3) is 0 Å². The van der Waals surface area contributed by atoms with Crippen molar-refractivity contribution in [3.05, 3.63) is 0 Å². The van der Waals surface area contributed by atoms with Gasteiger partial charge in [0.15, 0.2) is 0 Å². The van der Waals surface area contributed by atoms with Gasteiger partial charge in [-0.15, -0.1) is 0 Å². The molecule has 0 radical (unpaired) electrons. The maximum Gasteiger partial charge on any atom is 0.226 e. The number of amides is 1. The van der Waals surface area contributed by atoms with Crippen LogP contribution in [0.4, 0.5) is 0 Å². The molecule has 3 heteroatoms. The predicted molar refractivity (Wildman–Crippen MR) is 80.0 cm³/mol. The quantitative estimate of drug-likeness (QED) is 0.725. The van der Waals surface area contributed by atoms with E-state index in [2.05, 4.69) is 6.07 Å². The van der Waals surface area contributed by atoms with Crippen molar-refractivity contribution in [1.29, 1.82) is 5.26 Å². The molecule has 0 bridgehead atoms. The number of carbonyl (C=O) groups excluding carboxylic acids is 1. The van der Waals surface area contributed by atoms with Gasteiger partial charge in [0.25, 0.3) is 0 Å². The van der Waals surface area contributed by atoms with E-state index in [9.17, 15) is 4.79 Å². The van der Waals surface area contributed by atoms with E-state index in [1.54, 1.807) is 0 Å². The lowest BCUT2D eigenvalue weighted by Crippen LogP contribution is -2.39. The Morgan fingerprint density at radius 3 is 1.95 bits per heavy atom. The summed E-state index contributed by atoms with van der Waals surface area (Å²) in [5, 5.41) is 9.16. The van der Waals surface area contributed by atoms with Gasteiger partial charge in [0.05, 0.1) is 6.07 Å². The molecular formula is C17H28N2O. The molecule has 0 spiro atoms. The SMILES string of the molecule is N#C[C@@H]1CCCN1C(=O)C1CCCCCCCCCC1. The van der Waals surface area contributed by atoms with Gasteiger partial charge < -0.3 is 4.90 Å². The molecule has 0 aromatic rings. The van der Waals surface area contributed by atoms with Crippen molar-refractivity contribution in [2.45, 2.75) is 83.1 Å². The second kappa shape index (κ2) is 8.29. The molecule has 112 valence electrons. The van der Waals surface area contributed by atoms with Crippen LogP contribution in [0.5, 0.6) is 0 Å². The second-order valence-corrected chi connectivity index (χ2v) is 6.42. The van der Waals surface area contributed by atoms with Crippen molar-refractivity contribution < 1.29 is 4.79 Å². The van der Waals surface area contributed by atoms with Gasteiger partial charge in [-0.1, -0.05) is 51.4 Å². The van der Waals surface area contributed by atoms with E-state index in [-0.39, 0.29) is 17.9 Å². The number of likely N-dealkylation sites (tertiary alicyclic amines) is 1. The van der Waals surface area contributed by atoms with Crippen LogP contribution in [0.3, 0.4) is 0 Å². The minimum absolute atomic E-state index is 0.152. The third-order valence-corrected chi connectivity index (χ3v) is 4.89. The van der Waals surface area contributed by atoms with Gasteiger partial charge >= 0.3 is 0 Å². The predicted octanol–water partition coefficient (Wildman–Crippen LogP) is 4.03. The Kier molecular flexibility index (Phi) is 6.36. The molecule has 2 aliphatic rings. The number of hydrogen-bond donors (Lipinski definition) is 0. The van der Waals surface area contributed by atoms with Crippen molar-refractivity contribution in [1.82, 2.24) is 4.90 Å². The standard InChI is InChI=1S/C17H28N2O/c18-14-16-12-9-13-19(16)17(20)15-10-7-5-3-1-2-4-6-8-11-15/h15-16H,1-13H2/t16-/m0/s1. The minimum Gasteiger partial charge on any atom is -0.326 e. The van der Waals surface area contributed by atoms with Crippen molar-refractivity contribution in [2.24, 2.45) is 5.92 Å². The zero-order valence-electron chi connectivity index (χ0n) is 12.6. The van der Waals surface area contributed by atoms with Gasteiger partial charge in [0, 0.05) is 12.5 Å². The monoisotopic (exact) mass is 276 g/mol. The fourth-order valence-corrected chi connectivity index (χ4v) is 3.63. The molecule has 1 aliphatic heterocycles. The zero-order chi connectivity index (χ0) is 14.2. The summed E-state index contributed by atoms with van der Waals surface area (Å²) in [6.07, 6.45) is 14.2. The first kappa shape index (κ1) is 15.4. The summed E-state index contributed by atoms with van der Waals surface area (Å²) in [6.45, 7) is 0.799. The first-order chi connectivity index (χ1) is 9.83. The lowest BCUT2D eigenvalue weighted by molar-refractivity contribution is -0.136. The Labute approximate surface area is 123 Å². The number of hydrogen-bond acceptors (Lipinski definition) is 2. The van der Waals surface area contributed by atoms with E-state index in [1.165, 1.54) is 51.4 Å². The van der Waals surface area contributed by atoms with E-state index in [0.717, 1.165) is 32.2 Å². The summed E-state index contributed by atoms with van der Waals surface area (Å²) >= 11 is 0. The molecule has 0 unspecified atom stereocenters. The first-order valence-electron chi connectivity index (χ1n) is 8.53. The molecule has 1 amide bonds. The van der Waals surface area contributed by atoms with Crippen LogP contribution < -0.4 is 0 Å². The highest BCUT2D eigenvalue weighted by atomic mass is 16.2. The molecule has 0 N–H and O–H groups in total. The second-order valence-electron chi connectivity index (χ2n) is 6.42. The fourth-order valence-electron chi connectivity index (χ4n) is 3.63. The Hall–Kier alpha value is -1.04. The summed E-state index contributed by atoms with van der Waals surface area (Å²) in [4.78, 5) is 14.6. The minimum atomic E-state index is -0.152. The Morgan fingerprint density at radius 2 is 1.40 bits per heavy atom. The summed E-state index contributed by atoms with van der Waals surface area (Å²) in [7, 11) is 0. The molecule has 3 nitrogen and oxygen atoms in total. The fraction of sp³-hybridized carbons (Fsp3) is 0.882. The largest absolute Gasteiger partial charge is 0.326 e. The Balaban J connectivity index is 1.92. The van der Waals surface area contributed by atoms with Crippen LogP contribution in [0.15, 0.2) is 0 Å². The molecule has 0 aromatic carbocycles. The Morgan fingerprint density at radius 1 is 0.850 bits per heavy atom. The van der Waals surface area contributed by atoms with Crippen LogP contribution in [-0.2, 0) is 4.79 Å². The lowest BCUT2D eigenvalue weighted by atomic mass is 9.93. The summed E-state index contributed by atoms with van der Waals surface area (Å²) in [5.41, 5.74) is 0. The maximum atomic E-state index is 12.7. The van der Waals surface area contributed by atoms with Gasteiger partial charge in [-0.2, -0.15) is 5.26 Å². The molecule has 20 heavy (non-hydrogen) atoms. The normalized spacial score (nSPS) is 26.8. The van der Waals surface area contributed by atoms with Gasteiger partial charge in [-0.25, -0.2) is 0 Å². The molecule has 0 aromatic heterocycles. The molecule has 2 rings (SSSR count). The molecule has 1 saturated carbocycles. The lowest BCUT2D eigenvalue weighted by Gasteiger charge is -2.25. The van der Waals surface area contributed by atoms with E-state index in [4.69, 9.17) is 5.26 Å². The molecular weight excluding hydrogens is 248 g/mol. The third kappa shape index (κ3) is 4.23. The van der Waals surface area contributed by atoms with E-state index >= 15 is 0 Å². The van der Waals surface area contributed by atoms with Crippen molar-refractivity contribution in [2.75, 3.05) is 6.54 Å². The van der Waals surface area contributed by atoms with E-state index in [0.29, 0.717) is 0 Å². The Bertz CT molecular complexity index is 335. The summed E-state index contributed by atoms with van der Waals surface area (Å²) in [6, 6.07) is 2.15. The number of nitriles is 1. The van der Waals surface area contributed by atoms with Gasteiger partial charge in [-0.05, 0) is 25.7 Å². The third-order valence-electron chi connectivity index (χ3n) is 4.89. The summed E-state index contributed by atoms with van der Waals surface area (Å²) in [5.74, 6) is 0.454. The van der Waals surface area contributed by atoms with Crippen LogP contribution in [-0.4, -0.2) is 23.4 Å². The van der Waals surface area contributed by atoms with Crippen molar-refractivity contribution >= 4 is 5.91 Å². The topological polar surface area (TPSA) is 44.1 Å². The maximum absolute atomic E-state index is 12.7. The number of nitrogens with zero attached hydrogens (tertiary/aromatic N) is 2. The van der Waals surface area contributed by atoms with Gasteiger partial charge in [0.2, 0.25) is 5.91 Å².